The van der Waals surface area contributed by atoms with Crippen LogP contribution in [-0.4, -0.2) is 26.1 Å². The Morgan fingerprint density at radius 3 is 2.31 bits per heavy atom. The van der Waals surface area contributed by atoms with E-state index in [0.717, 1.165) is 11.1 Å². The minimum Gasteiger partial charge on any atom is -0.365 e. The van der Waals surface area contributed by atoms with Crippen LogP contribution in [0.25, 0.3) is 0 Å². The summed E-state index contributed by atoms with van der Waals surface area (Å²) in [5.74, 6) is -0.00887. The molecule has 3 rings (SSSR count). The molecule has 3 atom stereocenters. The van der Waals surface area contributed by atoms with Crippen LogP contribution in [0.5, 0.6) is 0 Å². The highest BCUT2D eigenvalue weighted by atomic mass is 35.5. The highest BCUT2D eigenvalue weighted by Gasteiger charge is 2.40. The van der Waals surface area contributed by atoms with Crippen molar-refractivity contribution < 1.29 is 17.9 Å². The number of carbonyl (C=O) groups is 1. The van der Waals surface area contributed by atoms with Gasteiger partial charge in [-0.1, -0.05) is 42.8 Å². The Kier molecular flexibility index (Phi) is 6.36. The van der Waals surface area contributed by atoms with Gasteiger partial charge in [-0.05, 0) is 42.3 Å². The summed E-state index contributed by atoms with van der Waals surface area (Å²) in [5.41, 5.74) is 1.37. The third kappa shape index (κ3) is 5.38. The van der Waals surface area contributed by atoms with Crippen molar-refractivity contribution >= 4 is 27.3 Å². The molecule has 1 saturated heterocycles. The molecule has 0 saturated carbocycles. The second kappa shape index (κ2) is 8.46. The second-order valence-corrected chi connectivity index (χ2v) is 10.3. The van der Waals surface area contributed by atoms with Crippen molar-refractivity contribution in [2.75, 3.05) is 6.26 Å². The third-order valence-corrected chi connectivity index (χ3v) is 6.63. The summed E-state index contributed by atoms with van der Waals surface area (Å²) in [6.45, 7) is 3.85. The lowest BCUT2D eigenvalue weighted by Crippen LogP contribution is -2.50. The molecule has 5 nitrogen and oxygen atoms in total. The van der Waals surface area contributed by atoms with Crippen molar-refractivity contribution in [3.63, 3.8) is 0 Å². The van der Waals surface area contributed by atoms with Crippen LogP contribution in [0.2, 0.25) is 5.02 Å². The fourth-order valence-electron chi connectivity index (χ4n) is 3.75. The Balaban J connectivity index is 1.94. The number of sulfone groups is 1. The van der Waals surface area contributed by atoms with Crippen LogP contribution in [0.3, 0.4) is 0 Å². The summed E-state index contributed by atoms with van der Waals surface area (Å²) >= 11 is 6.17. The van der Waals surface area contributed by atoms with E-state index in [0.29, 0.717) is 24.3 Å². The minimum atomic E-state index is -3.26. The van der Waals surface area contributed by atoms with Gasteiger partial charge in [0.05, 0.1) is 17.1 Å². The quantitative estimate of drug-likeness (QED) is 0.743. The second-order valence-electron chi connectivity index (χ2n) is 7.88. The van der Waals surface area contributed by atoms with Crippen molar-refractivity contribution in [3.8, 4) is 0 Å². The topological polar surface area (TPSA) is 72.5 Å². The number of carbonyl (C=O) groups excluding carboxylic acids is 1. The van der Waals surface area contributed by atoms with Gasteiger partial charge >= 0.3 is 0 Å². The van der Waals surface area contributed by atoms with Crippen LogP contribution < -0.4 is 5.32 Å². The molecule has 2 aromatic rings. The smallest absolute Gasteiger partial charge is 0.220 e. The maximum atomic E-state index is 12.1. The summed E-state index contributed by atoms with van der Waals surface area (Å²) in [5, 5.41) is 3.78. The largest absolute Gasteiger partial charge is 0.365 e. The van der Waals surface area contributed by atoms with Crippen LogP contribution in [0.1, 0.15) is 56.4 Å². The molecular formula is C22H26ClNO4S. The van der Waals surface area contributed by atoms with E-state index in [1.807, 2.05) is 38.1 Å². The average Bonchev–Trinajstić information content (AvgIpc) is 2.66. The van der Waals surface area contributed by atoms with Gasteiger partial charge in [-0.25, -0.2) is 8.42 Å². The zero-order valence-corrected chi connectivity index (χ0v) is 18.4. The van der Waals surface area contributed by atoms with E-state index in [4.69, 9.17) is 16.3 Å². The number of rotatable bonds is 5. The Bertz CT molecular complexity index is 990. The first-order valence-electron chi connectivity index (χ1n) is 9.61. The lowest BCUT2D eigenvalue weighted by molar-refractivity contribution is -0.128. The van der Waals surface area contributed by atoms with Crippen molar-refractivity contribution in [1.29, 1.82) is 0 Å². The summed E-state index contributed by atoms with van der Waals surface area (Å²) in [6, 6.07) is 14.3. The first kappa shape index (κ1) is 21.8. The molecule has 0 spiro atoms. The predicted octanol–water partition coefficient (Wildman–Crippen LogP) is 4.62. The van der Waals surface area contributed by atoms with Gasteiger partial charge in [-0.15, -0.1) is 0 Å². The van der Waals surface area contributed by atoms with E-state index >= 15 is 0 Å². The molecule has 0 aliphatic carbocycles. The molecule has 2 aromatic carbocycles. The molecule has 0 aromatic heterocycles. The summed E-state index contributed by atoms with van der Waals surface area (Å²) in [6.07, 6.45) is 2.27. The van der Waals surface area contributed by atoms with Gasteiger partial charge in [0, 0.05) is 36.1 Å². The van der Waals surface area contributed by atoms with Crippen LogP contribution in [0.4, 0.5) is 0 Å². The number of halogens is 1. The Morgan fingerprint density at radius 1 is 1.14 bits per heavy atom. The SMILES string of the molecule is CCC(=O)N[C@@]1(C)C[C@@H](c2cccc(Cl)c2)O[C@@H](c2ccc(S(C)(=O)=O)cc2)C1. The monoisotopic (exact) mass is 435 g/mol. The summed E-state index contributed by atoms with van der Waals surface area (Å²) in [7, 11) is -3.26. The van der Waals surface area contributed by atoms with E-state index < -0.39 is 15.4 Å². The molecule has 1 aliphatic rings. The average molecular weight is 436 g/mol. The van der Waals surface area contributed by atoms with Crippen molar-refractivity contribution in [2.45, 2.75) is 55.8 Å². The number of nitrogens with one attached hydrogen (secondary N) is 1. The van der Waals surface area contributed by atoms with E-state index in [2.05, 4.69) is 5.32 Å². The predicted molar refractivity (Wildman–Crippen MR) is 114 cm³/mol. The van der Waals surface area contributed by atoms with Crippen molar-refractivity contribution in [3.05, 3.63) is 64.7 Å². The lowest BCUT2D eigenvalue weighted by atomic mass is 9.81. The molecule has 156 valence electrons. The number of ether oxygens (including phenoxy) is 1. The number of amides is 1. The van der Waals surface area contributed by atoms with Crippen LogP contribution in [0.15, 0.2) is 53.4 Å². The first-order valence-corrected chi connectivity index (χ1v) is 11.9. The molecule has 1 fully saturated rings. The van der Waals surface area contributed by atoms with E-state index in [9.17, 15) is 13.2 Å². The van der Waals surface area contributed by atoms with Crippen LogP contribution >= 0.6 is 11.6 Å². The Labute approximate surface area is 177 Å². The third-order valence-electron chi connectivity index (χ3n) is 5.26. The van der Waals surface area contributed by atoms with Gasteiger partial charge in [0.2, 0.25) is 5.91 Å². The number of benzene rings is 2. The minimum absolute atomic E-state index is 0.00887. The normalized spacial score (nSPS) is 24.8. The molecule has 1 N–H and O–H groups in total. The summed E-state index contributed by atoms with van der Waals surface area (Å²) in [4.78, 5) is 12.4. The number of hydrogen-bond acceptors (Lipinski definition) is 4. The van der Waals surface area contributed by atoms with E-state index in [-0.39, 0.29) is 23.0 Å². The standard InChI is InChI=1S/C22H26ClNO4S/c1-4-21(25)24-22(2)13-19(15-8-10-18(11-9-15)29(3,26)27)28-20(14-22)16-6-5-7-17(23)12-16/h5-12,19-20H,4,13-14H2,1-3H3,(H,24,25)/t19-,20+,22-/m1/s1. The van der Waals surface area contributed by atoms with E-state index in [1.165, 1.54) is 6.26 Å². The van der Waals surface area contributed by atoms with Gasteiger partial charge in [-0.3, -0.25) is 4.79 Å². The van der Waals surface area contributed by atoms with Crippen LogP contribution in [-0.2, 0) is 19.4 Å². The molecule has 1 amide bonds. The van der Waals surface area contributed by atoms with Crippen molar-refractivity contribution in [2.24, 2.45) is 0 Å². The highest BCUT2D eigenvalue weighted by Crippen LogP contribution is 2.44. The maximum Gasteiger partial charge on any atom is 0.220 e. The van der Waals surface area contributed by atoms with Crippen LogP contribution in [0, 0.1) is 0 Å². The van der Waals surface area contributed by atoms with Gasteiger partial charge in [-0.2, -0.15) is 0 Å². The van der Waals surface area contributed by atoms with Gasteiger partial charge in [0.15, 0.2) is 9.84 Å². The van der Waals surface area contributed by atoms with Crippen molar-refractivity contribution in [1.82, 2.24) is 5.32 Å². The van der Waals surface area contributed by atoms with E-state index in [1.54, 1.807) is 24.3 Å². The molecule has 0 unspecified atom stereocenters. The molecule has 7 heteroatoms. The molecule has 1 heterocycles. The van der Waals surface area contributed by atoms with Gasteiger partial charge < -0.3 is 10.1 Å². The fourth-order valence-corrected chi connectivity index (χ4v) is 4.58. The summed E-state index contributed by atoms with van der Waals surface area (Å²) < 4.78 is 29.9. The zero-order valence-electron chi connectivity index (χ0n) is 16.8. The Hall–Kier alpha value is -1.89. The molecule has 29 heavy (non-hydrogen) atoms. The van der Waals surface area contributed by atoms with Gasteiger partial charge in [0.25, 0.3) is 0 Å². The number of hydrogen-bond donors (Lipinski definition) is 1. The zero-order chi connectivity index (χ0) is 21.2. The fraction of sp³-hybridized carbons (Fsp3) is 0.409. The molecule has 1 aliphatic heterocycles. The molecule has 0 radical (unpaired) electrons. The lowest BCUT2D eigenvalue weighted by Gasteiger charge is -2.43. The Morgan fingerprint density at radius 2 is 1.76 bits per heavy atom. The molecular weight excluding hydrogens is 410 g/mol. The molecule has 0 bridgehead atoms. The first-order chi connectivity index (χ1) is 13.6. The van der Waals surface area contributed by atoms with Gasteiger partial charge in [0.1, 0.15) is 0 Å². The highest BCUT2D eigenvalue weighted by molar-refractivity contribution is 7.90. The maximum absolute atomic E-state index is 12.1.